The molecule has 286 valence electrons. The van der Waals surface area contributed by atoms with Crippen LogP contribution in [-0.2, 0) is 14.3 Å². The number of halogens is 2. The highest BCUT2D eigenvalue weighted by molar-refractivity contribution is 6.05. The first-order valence-electron chi connectivity index (χ1n) is 19.2. The first kappa shape index (κ1) is 48.8. The van der Waals surface area contributed by atoms with Crippen molar-refractivity contribution in [3.05, 3.63) is 34.6 Å². The van der Waals surface area contributed by atoms with Gasteiger partial charge in [0, 0.05) is 25.0 Å². The predicted octanol–water partition coefficient (Wildman–Crippen LogP) is 11.6. The van der Waals surface area contributed by atoms with E-state index in [0.717, 1.165) is 60.9 Å². The number of amides is 2. The monoisotopic (exact) mass is 696 g/mol. The lowest BCUT2D eigenvalue weighted by atomic mass is 9.77. The lowest BCUT2D eigenvalue weighted by Crippen LogP contribution is -2.60. The molecule has 0 radical (unpaired) electrons. The minimum absolute atomic E-state index is 0.0198. The quantitative estimate of drug-likeness (QED) is 0.0851. The number of hydrogen-bond donors (Lipinski definition) is 1. The van der Waals surface area contributed by atoms with Crippen molar-refractivity contribution in [1.82, 2.24) is 10.2 Å². The molecule has 0 bridgehead atoms. The zero-order valence-electron chi connectivity index (χ0n) is 33.9. The van der Waals surface area contributed by atoms with Gasteiger partial charge in [-0.25, -0.2) is 13.8 Å². The summed E-state index contributed by atoms with van der Waals surface area (Å²) < 4.78 is 31.4. The van der Waals surface area contributed by atoms with Crippen molar-refractivity contribution in [3.8, 4) is 0 Å². The molecular formula is C41H75F2N3O3. The average Bonchev–Trinajstić information content (AvgIpc) is 3.09. The van der Waals surface area contributed by atoms with Gasteiger partial charge in [0.25, 0.3) is 11.8 Å². The Morgan fingerprint density at radius 1 is 1.02 bits per heavy atom. The van der Waals surface area contributed by atoms with Crippen LogP contribution in [0.5, 0.6) is 0 Å². The predicted molar refractivity (Wildman–Crippen MR) is 206 cm³/mol. The van der Waals surface area contributed by atoms with Gasteiger partial charge in [0.2, 0.25) is 5.91 Å². The van der Waals surface area contributed by atoms with Gasteiger partial charge in [-0.3, -0.25) is 14.5 Å². The number of hydrogen-bond acceptors (Lipinski definition) is 4. The van der Waals surface area contributed by atoms with E-state index in [4.69, 9.17) is 9.73 Å². The van der Waals surface area contributed by atoms with Crippen molar-refractivity contribution < 1.29 is 23.1 Å². The van der Waals surface area contributed by atoms with Crippen LogP contribution >= 0.6 is 0 Å². The number of aliphatic imine (C=N–C) groups is 1. The van der Waals surface area contributed by atoms with E-state index in [-0.39, 0.29) is 11.8 Å². The number of nitrogens with one attached hydrogen (secondary N) is 1. The highest BCUT2D eigenvalue weighted by atomic mass is 19.3. The molecule has 2 rings (SSSR count). The van der Waals surface area contributed by atoms with Gasteiger partial charge in [-0.2, -0.15) is 0 Å². The smallest absolute Gasteiger partial charge is 0.270 e. The highest BCUT2D eigenvalue weighted by Gasteiger charge is 2.55. The maximum atomic E-state index is 13.0. The number of carbonyl (C=O) groups excluding carboxylic acids is 2. The zero-order chi connectivity index (χ0) is 38.0. The molecule has 49 heavy (non-hydrogen) atoms. The van der Waals surface area contributed by atoms with Gasteiger partial charge >= 0.3 is 0 Å². The molecule has 0 spiro atoms. The van der Waals surface area contributed by atoms with Gasteiger partial charge in [0.1, 0.15) is 5.84 Å². The minimum atomic E-state index is -2.70. The Labute approximate surface area is 300 Å². The van der Waals surface area contributed by atoms with Gasteiger partial charge in [-0.15, -0.1) is 0 Å². The van der Waals surface area contributed by atoms with E-state index >= 15 is 0 Å². The number of rotatable bonds is 14. The van der Waals surface area contributed by atoms with Crippen molar-refractivity contribution in [2.24, 2.45) is 16.8 Å². The van der Waals surface area contributed by atoms with E-state index in [0.29, 0.717) is 25.9 Å². The average molecular weight is 696 g/mol. The third-order valence-corrected chi connectivity index (χ3v) is 8.89. The third-order valence-electron chi connectivity index (χ3n) is 8.89. The Kier molecular flexibility index (Phi) is 28.2. The van der Waals surface area contributed by atoms with Gasteiger partial charge in [-0.05, 0) is 64.4 Å². The summed E-state index contributed by atoms with van der Waals surface area (Å²) in [7, 11) is 1.80. The number of nitrogens with zero attached hydrogens (tertiary/aromatic N) is 2. The van der Waals surface area contributed by atoms with Crippen LogP contribution in [0.15, 0.2) is 39.6 Å². The van der Waals surface area contributed by atoms with Gasteiger partial charge in [-0.1, -0.05) is 125 Å². The van der Waals surface area contributed by atoms with Crippen LogP contribution < -0.4 is 5.32 Å². The number of allylic oxidation sites excluding steroid dienone is 3. The van der Waals surface area contributed by atoms with E-state index in [2.05, 4.69) is 65.9 Å². The zero-order valence-corrected chi connectivity index (χ0v) is 33.9. The van der Waals surface area contributed by atoms with Crippen LogP contribution in [0.25, 0.3) is 0 Å². The summed E-state index contributed by atoms with van der Waals surface area (Å²) >= 11 is 0. The first-order valence-corrected chi connectivity index (χ1v) is 19.2. The van der Waals surface area contributed by atoms with E-state index in [9.17, 15) is 18.4 Å². The lowest BCUT2D eigenvalue weighted by molar-refractivity contribution is -0.162. The number of likely N-dealkylation sites (N-methyl/N-ethyl adjacent to an activating group) is 1. The molecule has 1 aliphatic carbocycles. The van der Waals surface area contributed by atoms with E-state index < -0.39 is 17.9 Å². The normalized spacial score (nSPS) is 19.0. The van der Waals surface area contributed by atoms with E-state index in [1.165, 1.54) is 51.0 Å². The van der Waals surface area contributed by atoms with Crippen LogP contribution in [0.1, 0.15) is 167 Å². The summed E-state index contributed by atoms with van der Waals surface area (Å²) in [6.07, 6.45) is 17.7. The van der Waals surface area contributed by atoms with Crippen molar-refractivity contribution >= 4 is 17.6 Å². The Hall–Kier alpha value is -2.35. The Morgan fingerprint density at radius 3 is 2.08 bits per heavy atom. The SMILES string of the molecule is CCC/C=C(/N=C(C)N(C)C(=O)/C(C)=C(\C)CC)C1=CCOCC1.CCCC.CCCC(=O)NC1CC(C)C1(F)F.CCCCCC(C)C. The Balaban J connectivity index is 0. The summed E-state index contributed by atoms with van der Waals surface area (Å²) in [5.41, 5.74) is 4.12. The van der Waals surface area contributed by atoms with Crippen LogP contribution in [-0.4, -0.2) is 54.8 Å². The molecule has 2 amide bonds. The molecule has 0 saturated heterocycles. The van der Waals surface area contributed by atoms with Crippen molar-refractivity contribution in [2.45, 2.75) is 179 Å². The number of carbonyl (C=O) groups is 2. The van der Waals surface area contributed by atoms with E-state index in [1.807, 2.05) is 27.7 Å². The summed E-state index contributed by atoms with van der Waals surface area (Å²) in [6, 6.07) is -0.929. The second kappa shape index (κ2) is 28.4. The van der Waals surface area contributed by atoms with Crippen LogP contribution in [0, 0.1) is 11.8 Å². The summed E-state index contributed by atoms with van der Waals surface area (Å²) in [5, 5.41) is 2.35. The molecule has 0 aromatic carbocycles. The summed E-state index contributed by atoms with van der Waals surface area (Å²) in [4.78, 5) is 30.0. The fourth-order valence-electron chi connectivity index (χ4n) is 4.69. The van der Waals surface area contributed by atoms with E-state index in [1.54, 1.807) is 11.9 Å². The molecule has 1 fully saturated rings. The number of amidine groups is 1. The van der Waals surface area contributed by atoms with Crippen LogP contribution in [0.3, 0.4) is 0 Å². The molecule has 1 aliphatic heterocycles. The molecule has 2 aliphatic rings. The molecule has 2 unspecified atom stereocenters. The van der Waals surface area contributed by atoms with Crippen LogP contribution in [0.4, 0.5) is 8.78 Å². The highest BCUT2D eigenvalue weighted by Crippen LogP contribution is 2.43. The largest absolute Gasteiger partial charge is 0.377 e. The Morgan fingerprint density at radius 2 is 1.65 bits per heavy atom. The molecule has 1 heterocycles. The molecule has 2 atom stereocenters. The minimum Gasteiger partial charge on any atom is -0.377 e. The number of ether oxygens (including phenoxy) is 1. The third kappa shape index (κ3) is 20.8. The standard InChI is InChI=1S/C20H32N2O2.C9H15F2NO.C8H18.C4H10/c1-7-9-10-19(18-11-13-24-14-12-18)21-17(5)22(6)20(23)16(4)15(3)8-2;1-3-4-8(13)12-7-5-6(2)9(7,10)11;1-4-5-6-7-8(2)3;1-3-4-2/h10-11H,7-9,12-14H2,1-6H3;6-7H,3-5H2,1-2H3,(H,12,13);8H,4-7H2,1-3H3;3-4H2,1-2H3/b16-15+,19-10+,21-17?;;;. The number of unbranched alkanes of at least 4 members (excludes halogenated alkanes) is 4. The van der Waals surface area contributed by atoms with Gasteiger partial charge in [0.15, 0.2) is 0 Å². The second-order valence-electron chi connectivity index (χ2n) is 13.8. The molecule has 0 aromatic heterocycles. The first-order chi connectivity index (χ1) is 23.1. The Bertz CT molecular complexity index is 1040. The number of alkyl halides is 2. The fraction of sp³-hybridized carbons (Fsp3) is 0.780. The molecule has 6 nitrogen and oxygen atoms in total. The molecule has 1 N–H and O–H groups in total. The van der Waals surface area contributed by atoms with Crippen LogP contribution in [0.2, 0.25) is 0 Å². The topological polar surface area (TPSA) is 71.0 Å². The van der Waals surface area contributed by atoms with Crippen molar-refractivity contribution in [1.29, 1.82) is 0 Å². The maximum Gasteiger partial charge on any atom is 0.270 e. The molecule has 0 aromatic rings. The fourth-order valence-corrected chi connectivity index (χ4v) is 4.69. The van der Waals surface area contributed by atoms with Gasteiger partial charge < -0.3 is 10.1 Å². The summed E-state index contributed by atoms with van der Waals surface area (Å²) in [5.74, 6) is -1.92. The molecule has 1 saturated carbocycles. The maximum absolute atomic E-state index is 13.0. The molecule has 8 heteroatoms. The van der Waals surface area contributed by atoms with Crippen molar-refractivity contribution in [2.75, 3.05) is 20.3 Å². The molecular weight excluding hydrogens is 620 g/mol. The van der Waals surface area contributed by atoms with Crippen molar-refractivity contribution in [3.63, 3.8) is 0 Å². The second-order valence-corrected chi connectivity index (χ2v) is 13.8. The summed E-state index contributed by atoms with van der Waals surface area (Å²) in [6.45, 7) is 25.9. The lowest BCUT2D eigenvalue weighted by Gasteiger charge is -2.42. The van der Waals surface area contributed by atoms with Gasteiger partial charge in [0.05, 0.1) is 25.0 Å².